The number of hydrogen-bond donors (Lipinski definition) is 3. The summed E-state index contributed by atoms with van der Waals surface area (Å²) in [5, 5.41) is 20.9. The Balaban J connectivity index is 2.11. The predicted molar refractivity (Wildman–Crippen MR) is 67.9 cm³/mol. The Morgan fingerprint density at radius 2 is 2.32 bits per heavy atom. The summed E-state index contributed by atoms with van der Waals surface area (Å²) >= 11 is 0. The minimum atomic E-state index is -0.464. The molecule has 102 valence electrons. The van der Waals surface area contributed by atoms with Crippen LogP contribution in [0.5, 0.6) is 0 Å². The molecule has 0 aromatic carbocycles. The Morgan fingerprint density at radius 3 is 2.89 bits per heavy atom. The zero-order valence-corrected chi connectivity index (χ0v) is 10.4. The maximum Gasteiger partial charge on any atom is 0.272 e. The lowest BCUT2D eigenvalue weighted by molar-refractivity contribution is 0.0469. The van der Waals surface area contributed by atoms with Crippen molar-refractivity contribution in [3.63, 3.8) is 0 Å². The first-order valence-corrected chi connectivity index (χ1v) is 6.03. The van der Waals surface area contributed by atoms with Crippen molar-refractivity contribution < 1.29 is 15.1 Å². The smallest absolute Gasteiger partial charge is 0.272 e. The van der Waals surface area contributed by atoms with Gasteiger partial charge in [-0.05, 0) is 25.0 Å². The summed E-state index contributed by atoms with van der Waals surface area (Å²) in [6, 6.07) is 3.09. The molecule has 7 heteroatoms. The van der Waals surface area contributed by atoms with Gasteiger partial charge in [0.25, 0.3) is 5.91 Å². The molecule has 7 nitrogen and oxygen atoms in total. The van der Waals surface area contributed by atoms with E-state index in [1.807, 2.05) is 0 Å². The summed E-state index contributed by atoms with van der Waals surface area (Å²) in [5.41, 5.74) is 6.14. The number of pyridine rings is 1. The topological polar surface area (TPSA) is 112 Å². The minimum absolute atomic E-state index is 0.0557. The number of β-amino-alcohol motifs (C(OH)–C–C–N with tert-alkyl or cyclic N) is 1. The van der Waals surface area contributed by atoms with Crippen molar-refractivity contribution in [1.82, 2.24) is 9.88 Å². The molecule has 1 aromatic heterocycles. The van der Waals surface area contributed by atoms with E-state index >= 15 is 0 Å². The van der Waals surface area contributed by atoms with Gasteiger partial charge in [-0.15, -0.1) is 0 Å². The van der Waals surface area contributed by atoms with Crippen LogP contribution in [0.2, 0.25) is 0 Å². The number of rotatable bonds is 2. The Labute approximate surface area is 110 Å². The van der Waals surface area contributed by atoms with E-state index in [0.717, 1.165) is 12.8 Å². The normalized spacial score (nSPS) is 20.4. The lowest BCUT2D eigenvalue weighted by Gasteiger charge is -2.29. The van der Waals surface area contributed by atoms with E-state index in [4.69, 9.17) is 10.9 Å². The molecule has 19 heavy (non-hydrogen) atoms. The minimum Gasteiger partial charge on any atom is -0.409 e. The van der Waals surface area contributed by atoms with Gasteiger partial charge in [0.1, 0.15) is 5.69 Å². The fourth-order valence-electron chi connectivity index (χ4n) is 2.03. The number of aliphatic hydroxyl groups is 1. The van der Waals surface area contributed by atoms with Crippen molar-refractivity contribution in [2.75, 3.05) is 13.1 Å². The van der Waals surface area contributed by atoms with Crippen LogP contribution in [0.1, 0.15) is 28.9 Å². The third-order valence-corrected chi connectivity index (χ3v) is 3.07. The van der Waals surface area contributed by atoms with Gasteiger partial charge in [0.15, 0.2) is 5.84 Å². The number of carbonyl (C=O) groups is 1. The van der Waals surface area contributed by atoms with Crippen molar-refractivity contribution in [1.29, 1.82) is 0 Å². The molecule has 1 aliphatic heterocycles. The molecule has 0 radical (unpaired) electrons. The van der Waals surface area contributed by atoms with E-state index in [9.17, 15) is 9.90 Å². The summed E-state index contributed by atoms with van der Waals surface area (Å²) < 4.78 is 0. The molecule has 1 atom stereocenters. The van der Waals surface area contributed by atoms with Crippen molar-refractivity contribution >= 4 is 11.7 Å². The molecular weight excluding hydrogens is 248 g/mol. The molecule has 1 aromatic rings. The lowest BCUT2D eigenvalue weighted by Crippen LogP contribution is -2.42. The van der Waals surface area contributed by atoms with E-state index in [2.05, 4.69) is 10.1 Å². The molecule has 1 aliphatic rings. The summed E-state index contributed by atoms with van der Waals surface area (Å²) in [6.45, 7) is 0.960. The van der Waals surface area contributed by atoms with Crippen LogP contribution in [-0.2, 0) is 0 Å². The molecule has 0 spiro atoms. The average molecular weight is 264 g/mol. The molecule has 0 saturated carbocycles. The summed E-state index contributed by atoms with van der Waals surface area (Å²) in [4.78, 5) is 17.7. The second-order valence-electron chi connectivity index (χ2n) is 4.46. The highest BCUT2D eigenvalue weighted by Gasteiger charge is 2.23. The number of aromatic nitrogens is 1. The second kappa shape index (κ2) is 5.66. The molecule has 1 fully saturated rings. The zero-order chi connectivity index (χ0) is 13.8. The first-order chi connectivity index (χ1) is 9.11. The van der Waals surface area contributed by atoms with Crippen molar-refractivity contribution in [3.8, 4) is 0 Å². The Hall–Kier alpha value is -2.15. The van der Waals surface area contributed by atoms with Gasteiger partial charge in [-0.2, -0.15) is 0 Å². The third kappa shape index (κ3) is 3.00. The highest BCUT2D eigenvalue weighted by molar-refractivity contribution is 5.98. The summed E-state index contributed by atoms with van der Waals surface area (Å²) in [7, 11) is 0. The number of carbonyl (C=O) groups excluding carboxylic acids is 1. The van der Waals surface area contributed by atoms with Gasteiger partial charge >= 0.3 is 0 Å². The van der Waals surface area contributed by atoms with Crippen LogP contribution < -0.4 is 5.73 Å². The lowest BCUT2D eigenvalue weighted by atomic mass is 10.1. The quantitative estimate of drug-likeness (QED) is 0.296. The molecule has 2 heterocycles. The number of likely N-dealkylation sites (tertiary alicyclic amines) is 1. The Morgan fingerprint density at radius 1 is 1.53 bits per heavy atom. The van der Waals surface area contributed by atoms with Gasteiger partial charge in [0.2, 0.25) is 0 Å². The third-order valence-electron chi connectivity index (χ3n) is 3.07. The van der Waals surface area contributed by atoms with Crippen molar-refractivity contribution in [2.45, 2.75) is 18.9 Å². The van der Waals surface area contributed by atoms with Crippen LogP contribution in [0.4, 0.5) is 0 Å². The molecular formula is C12H16N4O3. The SMILES string of the molecule is NC(=NO)c1ccc(C(=O)N2CCCC(O)C2)nc1. The molecule has 2 rings (SSSR count). The van der Waals surface area contributed by atoms with Gasteiger partial charge < -0.3 is 20.9 Å². The first-order valence-electron chi connectivity index (χ1n) is 6.03. The van der Waals surface area contributed by atoms with Gasteiger partial charge in [0.05, 0.1) is 6.10 Å². The molecule has 0 bridgehead atoms. The number of oxime groups is 1. The summed E-state index contributed by atoms with van der Waals surface area (Å²) in [6.07, 6.45) is 2.42. The number of piperidine rings is 1. The predicted octanol–water partition coefficient (Wildman–Crippen LogP) is -0.227. The molecule has 1 unspecified atom stereocenters. The maximum absolute atomic E-state index is 12.1. The van der Waals surface area contributed by atoms with E-state index in [-0.39, 0.29) is 17.4 Å². The van der Waals surface area contributed by atoms with Crippen molar-refractivity contribution in [2.24, 2.45) is 10.9 Å². The maximum atomic E-state index is 12.1. The van der Waals surface area contributed by atoms with E-state index in [1.165, 1.54) is 12.3 Å². The number of aliphatic hydroxyl groups excluding tert-OH is 1. The highest BCUT2D eigenvalue weighted by atomic mass is 16.4. The van der Waals surface area contributed by atoms with Crippen LogP contribution in [0, 0.1) is 0 Å². The standard InChI is InChI=1S/C12H16N4O3/c13-11(15-19)8-3-4-10(14-6-8)12(18)16-5-1-2-9(17)7-16/h3-4,6,9,17,19H,1-2,5,7H2,(H2,13,15). The summed E-state index contributed by atoms with van der Waals surface area (Å²) in [5.74, 6) is -0.273. The van der Waals surface area contributed by atoms with Gasteiger partial charge in [-0.25, -0.2) is 0 Å². The number of amidine groups is 1. The molecule has 1 amide bonds. The largest absolute Gasteiger partial charge is 0.409 e. The number of nitrogens with two attached hydrogens (primary N) is 1. The Kier molecular flexibility index (Phi) is 3.96. The van der Waals surface area contributed by atoms with E-state index < -0.39 is 6.10 Å². The van der Waals surface area contributed by atoms with Crippen LogP contribution >= 0.6 is 0 Å². The van der Waals surface area contributed by atoms with Crippen LogP contribution in [0.15, 0.2) is 23.5 Å². The van der Waals surface area contributed by atoms with Gasteiger partial charge in [-0.1, -0.05) is 5.16 Å². The fraction of sp³-hybridized carbons (Fsp3) is 0.417. The monoisotopic (exact) mass is 264 g/mol. The molecule has 1 saturated heterocycles. The highest BCUT2D eigenvalue weighted by Crippen LogP contribution is 2.13. The van der Waals surface area contributed by atoms with Crippen LogP contribution in [0.3, 0.4) is 0 Å². The van der Waals surface area contributed by atoms with Crippen LogP contribution in [-0.4, -0.2) is 51.1 Å². The van der Waals surface area contributed by atoms with E-state index in [0.29, 0.717) is 18.7 Å². The Bertz CT molecular complexity index is 486. The fourth-order valence-corrected chi connectivity index (χ4v) is 2.03. The number of nitrogens with zero attached hydrogens (tertiary/aromatic N) is 3. The molecule has 0 aliphatic carbocycles. The number of hydrogen-bond acceptors (Lipinski definition) is 5. The van der Waals surface area contributed by atoms with E-state index in [1.54, 1.807) is 11.0 Å². The van der Waals surface area contributed by atoms with Gasteiger partial charge in [0, 0.05) is 24.8 Å². The zero-order valence-electron chi connectivity index (χ0n) is 10.4. The number of amides is 1. The van der Waals surface area contributed by atoms with Crippen LogP contribution in [0.25, 0.3) is 0 Å². The van der Waals surface area contributed by atoms with Gasteiger partial charge in [-0.3, -0.25) is 9.78 Å². The first kappa shape index (κ1) is 13.3. The average Bonchev–Trinajstić information content (AvgIpc) is 2.46. The van der Waals surface area contributed by atoms with Crippen molar-refractivity contribution in [3.05, 3.63) is 29.6 Å². The second-order valence-corrected chi connectivity index (χ2v) is 4.46. The molecule has 4 N–H and O–H groups in total.